The fourth-order valence-corrected chi connectivity index (χ4v) is 2.00. The third-order valence-corrected chi connectivity index (χ3v) is 3.58. The van der Waals surface area contributed by atoms with Crippen LogP contribution in [-0.4, -0.2) is 28.7 Å². The fourth-order valence-electron chi connectivity index (χ4n) is 2.00. The Kier molecular flexibility index (Phi) is 4.37. The number of carboxylic acids is 1. The van der Waals surface area contributed by atoms with Crippen molar-refractivity contribution in [3.05, 3.63) is 0 Å². The van der Waals surface area contributed by atoms with Crippen molar-refractivity contribution < 1.29 is 14.7 Å². The fraction of sp³-hybridized carbons (Fsp3) is 0.833. The number of carbonyl (C=O) groups is 2. The second-order valence-corrected chi connectivity index (χ2v) is 5.23. The van der Waals surface area contributed by atoms with E-state index in [-0.39, 0.29) is 12.1 Å². The summed E-state index contributed by atoms with van der Waals surface area (Å²) in [5.74, 6) is -0.604. The summed E-state index contributed by atoms with van der Waals surface area (Å²) in [5.41, 5.74) is -1.05. The zero-order chi connectivity index (χ0) is 13.1. The zero-order valence-corrected chi connectivity index (χ0v) is 10.7. The van der Waals surface area contributed by atoms with Crippen molar-refractivity contribution in [3.63, 3.8) is 0 Å². The average Bonchev–Trinajstić information content (AvgIpc) is 2.67. The van der Waals surface area contributed by atoms with E-state index < -0.39 is 11.5 Å². The third kappa shape index (κ3) is 3.35. The van der Waals surface area contributed by atoms with Crippen LogP contribution in [0.1, 0.15) is 46.5 Å². The van der Waals surface area contributed by atoms with Gasteiger partial charge in [0.15, 0.2) is 0 Å². The zero-order valence-electron chi connectivity index (χ0n) is 10.7. The summed E-state index contributed by atoms with van der Waals surface area (Å²) >= 11 is 0. The van der Waals surface area contributed by atoms with Gasteiger partial charge in [0.2, 0.25) is 0 Å². The summed E-state index contributed by atoms with van der Waals surface area (Å²) in [6.07, 6.45) is 2.75. The van der Waals surface area contributed by atoms with Crippen molar-refractivity contribution in [3.8, 4) is 0 Å². The molecule has 5 nitrogen and oxygen atoms in total. The number of carboxylic acid groups (broad SMARTS) is 1. The minimum Gasteiger partial charge on any atom is -0.480 e. The molecule has 0 spiro atoms. The van der Waals surface area contributed by atoms with Crippen molar-refractivity contribution in [2.45, 2.75) is 58.0 Å². The molecule has 0 heterocycles. The molecule has 1 unspecified atom stereocenters. The molecule has 0 aliphatic heterocycles. The molecule has 17 heavy (non-hydrogen) atoms. The van der Waals surface area contributed by atoms with Crippen LogP contribution in [0.25, 0.3) is 0 Å². The van der Waals surface area contributed by atoms with Crippen LogP contribution in [0.15, 0.2) is 0 Å². The van der Waals surface area contributed by atoms with Crippen LogP contribution in [0, 0.1) is 5.92 Å². The quantitative estimate of drug-likeness (QED) is 0.702. The van der Waals surface area contributed by atoms with Crippen LogP contribution in [0.2, 0.25) is 0 Å². The first-order valence-electron chi connectivity index (χ1n) is 6.19. The van der Waals surface area contributed by atoms with Gasteiger partial charge < -0.3 is 15.7 Å². The summed E-state index contributed by atoms with van der Waals surface area (Å²) < 4.78 is 0. The second kappa shape index (κ2) is 5.38. The number of rotatable bonds is 4. The van der Waals surface area contributed by atoms with Gasteiger partial charge in [-0.15, -0.1) is 0 Å². The third-order valence-electron chi connectivity index (χ3n) is 3.58. The molecule has 2 amide bonds. The number of carbonyl (C=O) groups excluding carboxylic acids is 1. The predicted molar refractivity (Wildman–Crippen MR) is 64.8 cm³/mol. The predicted octanol–water partition coefficient (Wildman–Crippen LogP) is 1.73. The average molecular weight is 242 g/mol. The van der Waals surface area contributed by atoms with E-state index in [1.807, 2.05) is 20.8 Å². The van der Waals surface area contributed by atoms with Gasteiger partial charge in [-0.25, -0.2) is 9.59 Å². The van der Waals surface area contributed by atoms with Crippen LogP contribution in [0.4, 0.5) is 4.79 Å². The molecule has 1 saturated carbocycles. The van der Waals surface area contributed by atoms with Gasteiger partial charge in [0.25, 0.3) is 0 Å². The van der Waals surface area contributed by atoms with Crippen molar-refractivity contribution in [1.29, 1.82) is 0 Å². The van der Waals surface area contributed by atoms with Gasteiger partial charge in [-0.05, 0) is 25.7 Å². The van der Waals surface area contributed by atoms with Crippen LogP contribution >= 0.6 is 0 Å². The van der Waals surface area contributed by atoms with Gasteiger partial charge in [-0.1, -0.05) is 26.7 Å². The summed E-state index contributed by atoms with van der Waals surface area (Å²) in [7, 11) is 0. The number of nitrogens with one attached hydrogen (secondary N) is 2. The lowest BCUT2D eigenvalue weighted by molar-refractivity contribution is -0.144. The summed E-state index contributed by atoms with van der Waals surface area (Å²) in [6, 6.07) is -0.349. The summed E-state index contributed by atoms with van der Waals surface area (Å²) in [4.78, 5) is 23.0. The molecule has 1 aliphatic carbocycles. The molecule has 5 heteroatoms. The maximum absolute atomic E-state index is 11.7. The first kappa shape index (κ1) is 13.8. The highest BCUT2D eigenvalue weighted by molar-refractivity contribution is 5.86. The van der Waals surface area contributed by atoms with Gasteiger partial charge >= 0.3 is 12.0 Å². The Balaban J connectivity index is 2.57. The number of amides is 2. The first-order valence-corrected chi connectivity index (χ1v) is 6.19. The molecule has 1 fully saturated rings. The Hall–Kier alpha value is -1.26. The Morgan fingerprint density at radius 2 is 1.71 bits per heavy atom. The number of urea groups is 1. The van der Waals surface area contributed by atoms with Gasteiger partial charge in [0.05, 0.1) is 0 Å². The van der Waals surface area contributed by atoms with Crippen molar-refractivity contribution in [1.82, 2.24) is 10.6 Å². The highest BCUT2D eigenvalue weighted by atomic mass is 16.4. The van der Waals surface area contributed by atoms with Crippen molar-refractivity contribution in [2.24, 2.45) is 5.92 Å². The Labute approximate surface area is 102 Å². The molecule has 1 rings (SSSR count). The molecule has 0 aromatic carbocycles. The molecule has 98 valence electrons. The molecule has 0 aromatic heterocycles. The molecular weight excluding hydrogens is 220 g/mol. The Morgan fingerprint density at radius 1 is 1.18 bits per heavy atom. The Morgan fingerprint density at radius 3 is 2.12 bits per heavy atom. The van der Waals surface area contributed by atoms with E-state index in [0.29, 0.717) is 18.8 Å². The monoisotopic (exact) mass is 242 g/mol. The van der Waals surface area contributed by atoms with E-state index in [4.69, 9.17) is 0 Å². The van der Waals surface area contributed by atoms with E-state index in [1.54, 1.807) is 0 Å². The minimum atomic E-state index is -1.05. The van der Waals surface area contributed by atoms with Gasteiger partial charge in [-0.3, -0.25) is 0 Å². The normalized spacial score (nSPS) is 20.0. The van der Waals surface area contributed by atoms with Gasteiger partial charge in [0, 0.05) is 6.04 Å². The van der Waals surface area contributed by atoms with E-state index in [1.165, 1.54) is 0 Å². The maximum Gasteiger partial charge on any atom is 0.329 e. The number of hydrogen-bond acceptors (Lipinski definition) is 2. The molecule has 0 aromatic rings. The van der Waals surface area contributed by atoms with Crippen LogP contribution in [-0.2, 0) is 4.79 Å². The Bertz CT molecular complexity index is 296. The SMILES string of the molecule is CC(C)C(C)NC(=O)NC1(C(=O)O)CCCC1. The van der Waals surface area contributed by atoms with Crippen LogP contribution in [0.5, 0.6) is 0 Å². The van der Waals surface area contributed by atoms with Crippen molar-refractivity contribution in [2.75, 3.05) is 0 Å². The van der Waals surface area contributed by atoms with Crippen molar-refractivity contribution >= 4 is 12.0 Å². The number of hydrogen-bond donors (Lipinski definition) is 3. The molecule has 1 aliphatic rings. The second-order valence-electron chi connectivity index (χ2n) is 5.23. The standard InChI is InChI=1S/C12H22N2O3/c1-8(2)9(3)13-11(17)14-12(10(15)16)6-4-5-7-12/h8-9H,4-7H2,1-3H3,(H,15,16)(H2,13,14,17). The summed E-state index contributed by atoms with van der Waals surface area (Å²) in [6.45, 7) is 5.92. The topological polar surface area (TPSA) is 78.4 Å². The van der Waals surface area contributed by atoms with Gasteiger partial charge in [0.1, 0.15) is 5.54 Å². The maximum atomic E-state index is 11.7. The molecule has 3 N–H and O–H groups in total. The minimum absolute atomic E-state index is 0.0299. The highest BCUT2D eigenvalue weighted by Gasteiger charge is 2.42. The molecule has 0 radical (unpaired) electrons. The largest absolute Gasteiger partial charge is 0.480 e. The van der Waals surface area contributed by atoms with Crippen LogP contribution < -0.4 is 10.6 Å². The van der Waals surface area contributed by atoms with E-state index in [9.17, 15) is 14.7 Å². The van der Waals surface area contributed by atoms with Crippen LogP contribution in [0.3, 0.4) is 0 Å². The molecule has 0 saturated heterocycles. The lowest BCUT2D eigenvalue weighted by Crippen LogP contribution is -2.57. The van der Waals surface area contributed by atoms with E-state index in [2.05, 4.69) is 10.6 Å². The first-order chi connectivity index (χ1) is 7.87. The van der Waals surface area contributed by atoms with E-state index >= 15 is 0 Å². The molecule has 0 bridgehead atoms. The molecular formula is C12H22N2O3. The highest BCUT2D eigenvalue weighted by Crippen LogP contribution is 2.29. The lowest BCUT2D eigenvalue weighted by Gasteiger charge is -2.27. The summed E-state index contributed by atoms with van der Waals surface area (Å²) in [5, 5.41) is 14.6. The van der Waals surface area contributed by atoms with E-state index in [0.717, 1.165) is 12.8 Å². The number of aliphatic carboxylic acids is 1. The smallest absolute Gasteiger partial charge is 0.329 e. The lowest BCUT2D eigenvalue weighted by atomic mass is 9.98. The van der Waals surface area contributed by atoms with Gasteiger partial charge in [-0.2, -0.15) is 0 Å². The molecule has 1 atom stereocenters.